The molecule has 134 valence electrons. The van der Waals surface area contributed by atoms with Crippen LogP contribution in [0.3, 0.4) is 0 Å². The van der Waals surface area contributed by atoms with E-state index in [-0.39, 0.29) is 0 Å². The molecule has 0 saturated heterocycles. The minimum Gasteiger partial charge on any atom is -0.381 e. The fourth-order valence-corrected chi connectivity index (χ4v) is 2.55. The molecule has 0 aliphatic heterocycles. The Morgan fingerprint density at radius 3 is 2.09 bits per heavy atom. The predicted molar refractivity (Wildman–Crippen MR) is 94.5 cm³/mol. The molecule has 0 atom stereocenters. The zero-order valence-corrected chi connectivity index (χ0v) is 15.3. The SMILES string of the molecule is CCCOCCCCCn1cc[n+](CCCCCOCCC)c1. The average molecular weight is 326 g/mol. The lowest BCUT2D eigenvalue weighted by molar-refractivity contribution is -0.696. The van der Waals surface area contributed by atoms with Crippen LogP contribution < -0.4 is 4.57 Å². The lowest BCUT2D eigenvalue weighted by Gasteiger charge is -2.02. The van der Waals surface area contributed by atoms with E-state index >= 15 is 0 Å². The molecule has 0 aliphatic rings. The second-order valence-electron chi connectivity index (χ2n) is 6.24. The lowest BCUT2D eigenvalue weighted by Crippen LogP contribution is -2.30. The van der Waals surface area contributed by atoms with E-state index in [0.717, 1.165) is 52.4 Å². The summed E-state index contributed by atoms with van der Waals surface area (Å²) in [5.74, 6) is 0. The second-order valence-corrected chi connectivity index (χ2v) is 6.24. The number of aromatic nitrogens is 2. The van der Waals surface area contributed by atoms with E-state index < -0.39 is 0 Å². The first-order chi connectivity index (χ1) is 11.4. The first kappa shape index (κ1) is 20.2. The summed E-state index contributed by atoms with van der Waals surface area (Å²) in [7, 11) is 0. The maximum Gasteiger partial charge on any atom is 0.243 e. The minimum absolute atomic E-state index is 0.905. The fourth-order valence-electron chi connectivity index (χ4n) is 2.55. The first-order valence-electron chi connectivity index (χ1n) is 9.57. The van der Waals surface area contributed by atoms with Crippen molar-refractivity contribution in [3.63, 3.8) is 0 Å². The van der Waals surface area contributed by atoms with Gasteiger partial charge in [0.2, 0.25) is 6.33 Å². The molecule has 0 bridgehead atoms. The van der Waals surface area contributed by atoms with Crippen molar-refractivity contribution in [3.8, 4) is 0 Å². The molecule has 4 heteroatoms. The van der Waals surface area contributed by atoms with Crippen LogP contribution in [0.4, 0.5) is 0 Å². The Labute approximate surface area is 142 Å². The molecule has 1 heterocycles. The number of hydrogen-bond donors (Lipinski definition) is 0. The standard InChI is InChI=1S/C19H37N2O2/c1-3-15-22-17-9-5-7-11-20-13-14-21(19-20)12-8-6-10-18-23-16-4-2/h13-14,19H,3-12,15-18H2,1-2H3/q+1. The summed E-state index contributed by atoms with van der Waals surface area (Å²) in [5, 5.41) is 0. The zero-order chi connectivity index (χ0) is 16.6. The van der Waals surface area contributed by atoms with E-state index in [1.165, 1.54) is 38.5 Å². The molecule has 4 nitrogen and oxygen atoms in total. The zero-order valence-electron chi connectivity index (χ0n) is 15.3. The Morgan fingerprint density at radius 1 is 0.783 bits per heavy atom. The van der Waals surface area contributed by atoms with Gasteiger partial charge < -0.3 is 9.47 Å². The highest BCUT2D eigenvalue weighted by Crippen LogP contribution is 2.00. The third-order valence-electron chi connectivity index (χ3n) is 3.85. The van der Waals surface area contributed by atoms with Crippen molar-refractivity contribution in [2.24, 2.45) is 0 Å². The van der Waals surface area contributed by atoms with Gasteiger partial charge in [0.15, 0.2) is 0 Å². The summed E-state index contributed by atoms with van der Waals surface area (Å²) in [6, 6.07) is 0. The molecule has 0 N–H and O–H groups in total. The van der Waals surface area contributed by atoms with E-state index in [9.17, 15) is 0 Å². The first-order valence-corrected chi connectivity index (χ1v) is 9.57. The summed E-state index contributed by atoms with van der Waals surface area (Å²) in [4.78, 5) is 0. The van der Waals surface area contributed by atoms with E-state index in [4.69, 9.17) is 9.47 Å². The molecule has 1 rings (SSSR count). The number of ether oxygens (including phenoxy) is 2. The van der Waals surface area contributed by atoms with Gasteiger partial charge in [-0.15, -0.1) is 0 Å². The number of unbranched alkanes of at least 4 members (excludes halogenated alkanes) is 4. The van der Waals surface area contributed by atoms with Crippen molar-refractivity contribution < 1.29 is 14.0 Å². The highest BCUT2D eigenvalue weighted by atomic mass is 16.5. The quantitative estimate of drug-likeness (QED) is 0.340. The summed E-state index contributed by atoms with van der Waals surface area (Å²) in [6.45, 7) is 10.2. The molecule has 1 aromatic rings. The summed E-state index contributed by atoms with van der Waals surface area (Å²) >= 11 is 0. The Bertz CT molecular complexity index is 334. The average Bonchev–Trinajstić information content (AvgIpc) is 3.01. The Morgan fingerprint density at radius 2 is 1.43 bits per heavy atom. The van der Waals surface area contributed by atoms with Crippen molar-refractivity contribution in [2.45, 2.75) is 78.3 Å². The topological polar surface area (TPSA) is 27.3 Å². The molecule has 0 radical (unpaired) electrons. The van der Waals surface area contributed by atoms with Crippen LogP contribution in [0.1, 0.15) is 65.2 Å². The van der Waals surface area contributed by atoms with Gasteiger partial charge in [-0.1, -0.05) is 13.8 Å². The van der Waals surface area contributed by atoms with Gasteiger partial charge in [-0.3, -0.25) is 0 Å². The number of imidazole rings is 1. The smallest absolute Gasteiger partial charge is 0.243 e. The highest BCUT2D eigenvalue weighted by molar-refractivity contribution is 4.66. The molecule has 0 aromatic carbocycles. The van der Waals surface area contributed by atoms with Crippen LogP contribution in [0.5, 0.6) is 0 Å². The molecule has 0 amide bonds. The van der Waals surface area contributed by atoms with Crippen LogP contribution >= 0.6 is 0 Å². The maximum absolute atomic E-state index is 5.51. The van der Waals surface area contributed by atoms with Gasteiger partial charge in [0.05, 0.1) is 13.1 Å². The van der Waals surface area contributed by atoms with Gasteiger partial charge in [-0.25, -0.2) is 9.13 Å². The Balaban J connectivity index is 1.97. The van der Waals surface area contributed by atoms with Crippen LogP contribution in [0.25, 0.3) is 0 Å². The molecule has 0 saturated carbocycles. The molecular weight excluding hydrogens is 288 g/mol. The van der Waals surface area contributed by atoms with Gasteiger partial charge in [-0.2, -0.15) is 0 Å². The number of nitrogens with zero attached hydrogens (tertiary/aromatic N) is 2. The van der Waals surface area contributed by atoms with E-state index in [1.807, 2.05) is 0 Å². The minimum atomic E-state index is 0.905. The van der Waals surface area contributed by atoms with Gasteiger partial charge in [0, 0.05) is 26.4 Å². The fraction of sp³-hybridized carbons (Fsp3) is 0.842. The van der Waals surface area contributed by atoms with E-state index in [0.29, 0.717) is 0 Å². The third kappa shape index (κ3) is 11.3. The predicted octanol–water partition coefficient (Wildman–Crippen LogP) is 3.97. The number of rotatable bonds is 16. The summed E-state index contributed by atoms with van der Waals surface area (Å²) < 4.78 is 15.6. The molecule has 0 unspecified atom stereocenters. The van der Waals surface area contributed by atoms with Crippen molar-refractivity contribution in [1.29, 1.82) is 0 Å². The largest absolute Gasteiger partial charge is 0.381 e. The van der Waals surface area contributed by atoms with Gasteiger partial charge in [0.25, 0.3) is 0 Å². The third-order valence-corrected chi connectivity index (χ3v) is 3.85. The van der Waals surface area contributed by atoms with E-state index in [2.05, 4.69) is 41.7 Å². The molecule has 0 fully saturated rings. The monoisotopic (exact) mass is 325 g/mol. The van der Waals surface area contributed by atoms with Crippen LogP contribution in [0.2, 0.25) is 0 Å². The van der Waals surface area contributed by atoms with Crippen LogP contribution in [0.15, 0.2) is 18.7 Å². The molecule has 23 heavy (non-hydrogen) atoms. The number of hydrogen-bond acceptors (Lipinski definition) is 2. The molecule has 1 aromatic heterocycles. The van der Waals surface area contributed by atoms with Gasteiger partial charge in [0.1, 0.15) is 12.4 Å². The van der Waals surface area contributed by atoms with Gasteiger partial charge in [-0.05, 0) is 51.4 Å². The highest BCUT2D eigenvalue weighted by Gasteiger charge is 2.03. The van der Waals surface area contributed by atoms with Crippen molar-refractivity contribution >= 4 is 0 Å². The molecule has 0 aliphatic carbocycles. The Hall–Kier alpha value is -0.870. The normalized spacial score (nSPS) is 11.2. The van der Waals surface area contributed by atoms with Crippen molar-refractivity contribution in [2.75, 3.05) is 26.4 Å². The lowest BCUT2D eigenvalue weighted by atomic mass is 10.2. The van der Waals surface area contributed by atoms with Gasteiger partial charge >= 0.3 is 0 Å². The second kappa shape index (κ2) is 14.7. The maximum atomic E-state index is 5.51. The van der Waals surface area contributed by atoms with Crippen LogP contribution in [0, 0.1) is 0 Å². The van der Waals surface area contributed by atoms with Crippen LogP contribution in [-0.2, 0) is 22.6 Å². The summed E-state index contributed by atoms with van der Waals surface area (Å²) in [6.07, 6.45) is 16.2. The van der Waals surface area contributed by atoms with E-state index in [1.54, 1.807) is 0 Å². The molecule has 0 spiro atoms. The van der Waals surface area contributed by atoms with Crippen molar-refractivity contribution in [1.82, 2.24) is 4.57 Å². The molecular formula is C19H37N2O2+. The number of aryl methyl sites for hydroxylation is 2. The Kier molecular flexibility index (Phi) is 12.9. The van der Waals surface area contributed by atoms with Crippen molar-refractivity contribution in [3.05, 3.63) is 18.7 Å². The summed E-state index contributed by atoms with van der Waals surface area (Å²) in [5.41, 5.74) is 0. The van der Waals surface area contributed by atoms with Crippen LogP contribution in [-0.4, -0.2) is 31.0 Å².